The van der Waals surface area contributed by atoms with E-state index in [0.717, 1.165) is 41.5 Å². The molecule has 1 aromatic heterocycles. The lowest BCUT2D eigenvalue weighted by atomic mass is 10.1. The number of hydrogen-bond acceptors (Lipinski definition) is 5. The Morgan fingerprint density at radius 3 is 2.36 bits per heavy atom. The molecular weight excluding hydrogens is 352 g/mol. The molecule has 0 spiro atoms. The molecule has 1 aliphatic rings. The Labute approximate surface area is 164 Å². The quantitative estimate of drug-likeness (QED) is 0.702. The van der Waals surface area contributed by atoms with Gasteiger partial charge < -0.3 is 14.5 Å². The summed E-state index contributed by atoms with van der Waals surface area (Å²) in [7, 11) is 1.65. The van der Waals surface area contributed by atoms with Gasteiger partial charge in [0.1, 0.15) is 5.75 Å². The topological polar surface area (TPSA) is 58.6 Å². The van der Waals surface area contributed by atoms with Crippen LogP contribution in [-0.2, 0) is 0 Å². The van der Waals surface area contributed by atoms with Crippen LogP contribution in [0.5, 0.6) is 5.75 Å². The molecule has 1 saturated heterocycles. The predicted octanol–water partition coefficient (Wildman–Crippen LogP) is 3.11. The van der Waals surface area contributed by atoms with Crippen molar-refractivity contribution in [2.45, 2.75) is 0 Å². The third-order valence-corrected chi connectivity index (χ3v) is 4.93. The SMILES string of the molecule is COc1cccc(-c2ccc(N3CCN(C(=O)c4ccccc4)CC3)nn2)c1. The molecule has 28 heavy (non-hydrogen) atoms. The van der Waals surface area contributed by atoms with E-state index in [0.29, 0.717) is 13.1 Å². The normalized spacial score (nSPS) is 14.0. The van der Waals surface area contributed by atoms with Gasteiger partial charge in [0, 0.05) is 37.3 Å². The average Bonchev–Trinajstić information content (AvgIpc) is 2.79. The first kappa shape index (κ1) is 18.0. The molecule has 2 aromatic carbocycles. The first-order valence-corrected chi connectivity index (χ1v) is 9.32. The lowest BCUT2D eigenvalue weighted by Gasteiger charge is -2.35. The fourth-order valence-electron chi connectivity index (χ4n) is 3.33. The minimum atomic E-state index is 0.0831. The molecule has 0 unspecified atom stereocenters. The summed E-state index contributed by atoms with van der Waals surface area (Å²) >= 11 is 0. The first-order valence-electron chi connectivity index (χ1n) is 9.32. The van der Waals surface area contributed by atoms with E-state index < -0.39 is 0 Å². The van der Waals surface area contributed by atoms with Crippen molar-refractivity contribution < 1.29 is 9.53 Å². The number of carbonyl (C=O) groups is 1. The van der Waals surface area contributed by atoms with Crippen LogP contribution in [0.2, 0.25) is 0 Å². The Morgan fingerprint density at radius 1 is 0.893 bits per heavy atom. The summed E-state index contributed by atoms with van der Waals surface area (Å²) in [5.74, 6) is 1.71. The maximum Gasteiger partial charge on any atom is 0.253 e. The second-order valence-corrected chi connectivity index (χ2v) is 6.65. The number of ether oxygens (including phenoxy) is 1. The van der Waals surface area contributed by atoms with Crippen molar-refractivity contribution in [3.63, 3.8) is 0 Å². The predicted molar refractivity (Wildman–Crippen MR) is 109 cm³/mol. The fourth-order valence-corrected chi connectivity index (χ4v) is 3.33. The zero-order valence-corrected chi connectivity index (χ0v) is 15.8. The monoisotopic (exact) mass is 374 g/mol. The van der Waals surface area contributed by atoms with Crippen molar-refractivity contribution in [1.29, 1.82) is 0 Å². The molecule has 0 atom stereocenters. The van der Waals surface area contributed by atoms with Crippen molar-refractivity contribution in [3.8, 4) is 17.0 Å². The van der Waals surface area contributed by atoms with E-state index in [1.165, 1.54) is 0 Å². The van der Waals surface area contributed by atoms with E-state index in [2.05, 4.69) is 15.1 Å². The van der Waals surface area contributed by atoms with Crippen molar-refractivity contribution in [3.05, 3.63) is 72.3 Å². The molecule has 6 heteroatoms. The summed E-state index contributed by atoms with van der Waals surface area (Å²) in [4.78, 5) is 16.6. The second-order valence-electron chi connectivity index (χ2n) is 6.65. The number of hydrogen-bond donors (Lipinski definition) is 0. The van der Waals surface area contributed by atoms with Gasteiger partial charge in [-0.15, -0.1) is 10.2 Å². The van der Waals surface area contributed by atoms with E-state index in [1.54, 1.807) is 7.11 Å². The van der Waals surface area contributed by atoms with E-state index in [9.17, 15) is 4.79 Å². The number of anilines is 1. The van der Waals surface area contributed by atoms with Gasteiger partial charge in [0.15, 0.2) is 5.82 Å². The Morgan fingerprint density at radius 2 is 1.68 bits per heavy atom. The molecule has 0 N–H and O–H groups in total. The number of carbonyl (C=O) groups excluding carboxylic acids is 1. The highest BCUT2D eigenvalue weighted by Crippen LogP contribution is 2.23. The van der Waals surface area contributed by atoms with E-state index in [-0.39, 0.29) is 5.91 Å². The average molecular weight is 374 g/mol. The minimum Gasteiger partial charge on any atom is -0.497 e. The van der Waals surface area contributed by atoms with Gasteiger partial charge in [0.2, 0.25) is 0 Å². The van der Waals surface area contributed by atoms with Crippen molar-refractivity contribution in [2.24, 2.45) is 0 Å². The summed E-state index contributed by atoms with van der Waals surface area (Å²) in [6.45, 7) is 2.83. The molecule has 0 aliphatic carbocycles. The number of methoxy groups -OCH3 is 1. The van der Waals surface area contributed by atoms with Crippen LogP contribution in [0.3, 0.4) is 0 Å². The van der Waals surface area contributed by atoms with Crippen LogP contribution in [0.25, 0.3) is 11.3 Å². The summed E-state index contributed by atoms with van der Waals surface area (Å²) in [6, 6.07) is 21.1. The molecule has 1 amide bonds. The third-order valence-electron chi connectivity index (χ3n) is 4.93. The number of benzene rings is 2. The number of piperazine rings is 1. The Kier molecular flexibility index (Phi) is 5.19. The molecule has 1 fully saturated rings. The van der Waals surface area contributed by atoms with Gasteiger partial charge in [0.05, 0.1) is 12.8 Å². The van der Waals surface area contributed by atoms with Gasteiger partial charge in [-0.25, -0.2) is 0 Å². The maximum atomic E-state index is 12.6. The van der Waals surface area contributed by atoms with Crippen LogP contribution in [-0.4, -0.2) is 54.3 Å². The molecule has 0 radical (unpaired) electrons. The lowest BCUT2D eigenvalue weighted by Crippen LogP contribution is -2.49. The molecule has 1 aliphatic heterocycles. The highest BCUT2D eigenvalue weighted by Gasteiger charge is 2.23. The molecule has 3 aromatic rings. The van der Waals surface area contributed by atoms with Crippen LogP contribution in [0, 0.1) is 0 Å². The molecule has 4 rings (SSSR count). The minimum absolute atomic E-state index is 0.0831. The van der Waals surface area contributed by atoms with Crippen LogP contribution >= 0.6 is 0 Å². The largest absolute Gasteiger partial charge is 0.497 e. The highest BCUT2D eigenvalue weighted by atomic mass is 16.5. The number of nitrogens with zero attached hydrogens (tertiary/aromatic N) is 4. The first-order chi connectivity index (χ1) is 13.7. The van der Waals surface area contributed by atoms with Crippen molar-refractivity contribution in [1.82, 2.24) is 15.1 Å². The van der Waals surface area contributed by atoms with Gasteiger partial charge in [-0.3, -0.25) is 4.79 Å². The zero-order valence-electron chi connectivity index (χ0n) is 15.8. The lowest BCUT2D eigenvalue weighted by molar-refractivity contribution is 0.0746. The van der Waals surface area contributed by atoms with E-state index >= 15 is 0 Å². The third kappa shape index (κ3) is 3.81. The molecular formula is C22H22N4O2. The van der Waals surface area contributed by atoms with Crippen molar-refractivity contribution in [2.75, 3.05) is 38.2 Å². The van der Waals surface area contributed by atoms with Gasteiger partial charge >= 0.3 is 0 Å². The van der Waals surface area contributed by atoms with Crippen LogP contribution in [0.1, 0.15) is 10.4 Å². The Hall–Kier alpha value is -3.41. The highest BCUT2D eigenvalue weighted by molar-refractivity contribution is 5.94. The summed E-state index contributed by atoms with van der Waals surface area (Å²) in [5, 5.41) is 8.77. The summed E-state index contributed by atoms with van der Waals surface area (Å²) < 4.78 is 5.27. The number of rotatable bonds is 4. The molecule has 0 saturated carbocycles. The smallest absolute Gasteiger partial charge is 0.253 e. The van der Waals surface area contributed by atoms with E-state index in [4.69, 9.17) is 4.74 Å². The van der Waals surface area contributed by atoms with E-state index in [1.807, 2.05) is 71.6 Å². The second kappa shape index (κ2) is 8.08. The van der Waals surface area contributed by atoms with Crippen molar-refractivity contribution >= 4 is 11.7 Å². The van der Waals surface area contributed by atoms with Crippen LogP contribution < -0.4 is 9.64 Å². The Bertz CT molecular complexity index is 936. The van der Waals surface area contributed by atoms with Gasteiger partial charge in [-0.2, -0.15) is 0 Å². The number of amides is 1. The maximum absolute atomic E-state index is 12.6. The zero-order chi connectivity index (χ0) is 19.3. The standard InChI is InChI=1S/C22H22N4O2/c1-28-19-9-5-8-18(16-19)20-10-11-21(24-23-20)25-12-14-26(15-13-25)22(27)17-6-3-2-4-7-17/h2-11,16H,12-15H2,1H3. The molecule has 6 nitrogen and oxygen atoms in total. The van der Waals surface area contributed by atoms with Gasteiger partial charge in [-0.1, -0.05) is 30.3 Å². The number of aromatic nitrogens is 2. The van der Waals surface area contributed by atoms with Gasteiger partial charge in [-0.05, 0) is 36.4 Å². The van der Waals surface area contributed by atoms with Gasteiger partial charge in [0.25, 0.3) is 5.91 Å². The summed E-state index contributed by atoms with van der Waals surface area (Å²) in [5.41, 5.74) is 2.51. The molecule has 142 valence electrons. The molecule has 0 bridgehead atoms. The van der Waals surface area contributed by atoms with Crippen LogP contribution in [0.4, 0.5) is 5.82 Å². The van der Waals surface area contributed by atoms with Crippen LogP contribution in [0.15, 0.2) is 66.7 Å². The Balaban J connectivity index is 1.40. The fraction of sp³-hybridized carbons (Fsp3) is 0.227. The summed E-state index contributed by atoms with van der Waals surface area (Å²) in [6.07, 6.45) is 0. The molecule has 2 heterocycles.